The van der Waals surface area contributed by atoms with Gasteiger partial charge in [0.25, 0.3) is 0 Å². The molecule has 0 fully saturated rings. The molecular formula is C15H15NO5. The van der Waals surface area contributed by atoms with E-state index < -0.39 is 24.8 Å². The molecule has 1 amide bonds. The van der Waals surface area contributed by atoms with Crippen LogP contribution in [0.2, 0.25) is 0 Å². The second-order valence-corrected chi connectivity index (χ2v) is 4.30. The van der Waals surface area contributed by atoms with Crippen molar-refractivity contribution in [2.75, 3.05) is 6.54 Å². The Morgan fingerprint density at radius 2 is 2.00 bits per heavy atom. The monoisotopic (exact) mass is 289 g/mol. The van der Waals surface area contributed by atoms with Gasteiger partial charge in [0.2, 0.25) is 0 Å². The number of carboxylic acid groups (broad SMARTS) is 1. The van der Waals surface area contributed by atoms with Gasteiger partial charge in [0, 0.05) is 0 Å². The summed E-state index contributed by atoms with van der Waals surface area (Å²) < 4.78 is 10.3. The van der Waals surface area contributed by atoms with E-state index in [1.54, 1.807) is 18.2 Å². The summed E-state index contributed by atoms with van der Waals surface area (Å²) in [7, 11) is 0. The van der Waals surface area contributed by atoms with Gasteiger partial charge < -0.3 is 14.6 Å². The molecule has 1 aromatic rings. The van der Waals surface area contributed by atoms with Crippen LogP contribution in [-0.4, -0.2) is 34.8 Å². The van der Waals surface area contributed by atoms with Crippen molar-refractivity contribution in [1.29, 1.82) is 0 Å². The Hall–Kier alpha value is -2.76. The standard InChI is InChI=1S/C15H15NO5/c17-14(18)10-16(13-8-4-5-9-20-13)15(19)21-11-12-6-2-1-3-7-12/h1-9,13H,10-11H2,(H,17,18). The number of aliphatic carboxylic acids is 1. The Bertz CT molecular complexity index is 552. The number of benzene rings is 1. The summed E-state index contributed by atoms with van der Waals surface area (Å²) in [5.41, 5.74) is 0.820. The molecule has 1 atom stereocenters. The van der Waals surface area contributed by atoms with Gasteiger partial charge in [-0.05, 0) is 17.7 Å². The lowest BCUT2D eigenvalue weighted by molar-refractivity contribution is -0.140. The summed E-state index contributed by atoms with van der Waals surface area (Å²) in [6, 6.07) is 9.14. The Morgan fingerprint density at radius 3 is 2.62 bits per heavy atom. The van der Waals surface area contributed by atoms with Crippen LogP contribution >= 0.6 is 0 Å². The van der Waals surface area contributed by atoms with Crippen LogP contribution in [0.5, 0.6) is 0 Å². The second-order valence-electron chi connectivity index (χ2n) is 4.30. The van der Waals surface area contributed by atoms with Gasteiger partial charge in [-0.2, -0.15) is 0 Å². The summed E-state index contributed by atoms with van der Waals surface area (Å²) in [5.74, 6) is -1.14. The molecule has 1 unspecified atom stereocenters. The molecule has 1 aromatic carbocycles. The number of carbonyl (C=O) groups is 2. The average Bonchev–Trinajstić information content (AvgIpc) is 2.52. The maximum absolute atomic E-state index is 12.1. The fourth-order valence-electron chi connectivity index (χ4n) is 1.76. The van der Waals surface area contributed by atoms with Crippen molar-refractivity contribution >= 4 is 12.1 Å². The molecule has 1 heterocycles. The normalized spacial score (nSPS) is 16.1. The molecule has 0 saturated heterocycles. The van der Waals surface area contributed by atoms with Gasteiger partial charge in [0.15, 0.2) is 6.23 Å². The average molecular weight is 289 g/mol. The van der Waals surface area contributed by atoms with Gasteiger partial charge in [-0.15, -0.1) is 0 Å². The van der Waals surface area contributed by atoms with Crippen molar-refractivity contribution in [2.24, 2.45) is 0 Å². The summed E-state index contributed by atoms with van der Waals surface area (Å²) in [6.07, 6.45) is 4.76. The molecule has 1 N–H and O–H groups in total. The van der Waals surface area contributed by atoms with Gasteiger partial charge in [-0.25, -0.2) is 4.79 Å². The lowest BCUT2D eigenvalue weighted by Crippen LogP contribution is -2.44. The highest BCUT2D eigenvalue weighted by molar-refractivity contribution is 5.77. The van der Waals surface area contributed by atoms with Crippen LogP contribution in [0, 0.1) is 0 Å². The predicted octanol–water partition coefficient (Wildman–Crippen LogP) is 2.14. The van der Waals surface area contributed by atoms with Crippen LogP contribution in [0.4, 0.5) is 4.79 Å². The van der Waals surface area contributed by atoms with E-state index in [1.807, 2.05) is 30.3 Å². The number of amides is 1. The number of hydrogen-bond acceptors (Lipinski definition) is 4. The third-order valence-electron chi connectivity index (χ3n) is 2.74. The largest absolute Gasteiger partial charge is 0.480 e. The zero-order chi connectivity index (χ0) is 15.1. The third kappa shape index (κ3) is 4.38. The second kappa shape index (κ2) is 7.14. The zero-order valence-corrected chi connectivity index (χ0v) is 11.2. The number of hydrogen-bond donors (Lipinski definition) is 1. The van der Waals surface area contributed by atoms with E-state index >= 15 is 0 Å². The first kappa shape index (κ1) is 14.6. The minimum atomic E-state index is -1.14. The Labute approximate surface area is 121 Å². The highest BCUT2D eigenvalue weighted by atomic mass is 16.6. The van der Waals surface area contributed by atoms with Gasteiger partial charge in [-0.3, -0.25) is 9.69 Å². The Balaban J connectivity index is 1.98. The van der Waals surface area contributed by atoms with Crippen molar-refractivity contribution in [2.45, 2.75) is 12.8 Å². The summed E-state index contributed by atoms with van der Waals surface area (Å²) in [6.45, 7) is -0.432. The van der Waals surface area contributed by atoms with E-state index in [1.165, 1.54) is 6.26 Å². The first-order chi connectivity index (χ1) is 10.2. The number of carbonyl (C=O) groups excluding carboxylic acids is 1. The number of ether oxygens (including phenoxy) is 2. The lowest BCUT2D eigenvalue weighted by Gasteiger charge is -2.27. The Morgan fingerprint density at radius 1 is 1.24 bits per heavy atom. The smallest absolute Gasteiger partial charge is 0.413 e. The Kier molecular flexibility index (Phi) is 4.98. The first-order valence-electron chi connectivity index (χ1n) is 6.35. The van der Waals surface area contributed by atoms with Crippen LogP contribution in [0.25, 0.3) is 0 Å². The molecular weight excluding hydrogens is 274 g/mol. The molecule has 0 saturated carbocycles. The number of carboxylic acids is 1. The first-order valence-corrected chi connectivity index (χ1v) is 6.35. The summed E-state index contributed by atoms with van der Waals surface area (Å²) in [5, 5.41) is 8.90. The fraction of sp³-hybridized carbons (Fsp3) is 0.200. The third-order valence-corrected chi connectivity index (χ3v) is 2.74. The van der Waals surface area contributed by atoms with Gasteiger partial charge in [-0.1, -0.05) is 36.4 Å². The van der Waals surface area contributed by atoms with Crippen LogP contribution in [0.1, 0.15) is 5.56 Å². The highest BCUT2D eigenvalue weighted by Crippen LogP contribution is 2.11. The molecule has 21 heavy (non-hydrogen) atoms. The van der Waals surface area contributed by atoms with Crippen LogP contribution in [0.15, 0.2) is 54.8 Å². The number of allylic oxidation sites excluding steroid dienone is 2. The van der Waals surface area contributed by atoms with E-state index in [2.05, 4.69) is 0 Å². The number of nitrogens with zero attached hydrogens (tertiary/aromatic N) is 1. The summed E-state index contributed by atoms with van der Waals surface area (Å²) in [4.78, 5) is 23.9. The molecule has 0 radical (unpaired) electrons. The van der Waals surface area contributed by atoms with Gasteiger partial charge in [0.1, 0.15) is 13.2 Å². The van der Waals surface area contributed by atoms with Gasteiger partial charge >= 0.3 is 12.1 Å². The van der Waals surface area contributed by atoms with E-state index in [9.17, 15) is 9.59 Å². The maximum atomic E-state index is 12.1. The predicted molar refractivity (Wildman–Crippen MR) is 74.1 cm³/mol. The van der Waals surface area contributed by atoms with E-state index in [0.29, 0.717) is 0 Å². The molecule has 0 aromatic heterocycles. The van der Waals surface area contributed by atoms with E-state index in [0.717, 1.165) is 10.5 Å². The maximum Gasteiger partial charge on any atom is 0.413 e. The SMILES string of the molecule is O=C(O)CN(C(=O)OCc1ccccc1)C1C=CC=CO1. The summed E-state index contributed by atoms with van der Waals surface area (Å²) >= 11 is 0. The van der Waals surface area contributed by atoms with Crippen molar-refractivity contribution in [1.82, 2.24) is 4.90 Å². The van der Waals surface area contributed by atoms with Crippen LogP contribution < -0.4 is 0 Å². The zero-order valence-electron chi connectivity index (χ0n) is 11.2. The lowest BCUT2D eigenvalue weighted by atomic mass is 10.2. The van der Waals surface area contributed by atoms with Crippen molar-refractivity contribution in [3.05, 3.63) is 60.4 Å². The van der Waals surface area contributed by atoms with Gasteiger partial charge in [0.05, 0.1) is 6.26 Å². The van der Waals surface area contributed by atoms with Crippen molar-refractivity contribution in [3.8, 4) is 0 Å². The van der Waals surface area contributed by atoms with Crippen molar-refractivity contribution in [3.63, 3.8) is 0 Å². The van der Waals surface area contributed by atoms with E-state index in [4.69, 9.17) is 14.6 Å². The molecule has 2 rings (SSSR count). The van der Waals surface area contributed by atoms with Crippen molar-refractivity contribution < 1.29 is 24.2 Å². The molecule has 6 nitrogen and oxygen atoms in total. The molecule has 0 bridgehead atoms. The molecule has 1 aliphatic rings. The molecule has 110 valence electrons. The minimum Gasteiger partial charge on any atom is -0.480 e. The fourth-order valence-corrected chi connectivity index (χ4v) is 1.76. The minimum absolute atomic E-state index is 0.0715. The molecule has 1 aliphatic heterocycles. The molecule has 6 heteroatoms. The number of rotatable bonds is 5. The molecule has 0 aliphatic carbocycles. The van der Waals surface area contributed by atoms with Crippen LogP contribution in [-0.2, 0) is 20.9 Å². The highest BCUT2D eigenvalue weighted by Gasteiger charge is 2.26. The molecule has 0 spiro atoms. The quantitative estimate of drug-likeness (QED) is 0.898. The topological polar surface area (TPSA) is 76.1 Å². The van der Waals surface area contributed by atoms with Crippen LogP contribution in [0.3, 0.4) is 0 Å². The van der Waals surface area contributed by atoms with E-state index in [-0.39, 0.29) is 6.61 Å².